The normalized spacial score (nSPS) is 38.2. The third-order valence-corrected chi connectivity index (χ3v) is 3.06. The van der Waals surface area contributed by atoms with Crippen LogP contribution in [0.2, 0.25) is 0 Å². The second-order valence-electron chi connectivity index (χ2n) is 4.14. The zero-order chi connectivity index (χ0) is 8.93. The van der Waals surface area contributed by atoms with E-state index in [1.807, 2.05) is 13.8 Å². The minimum Gasteiger partial charge on any atom is -0.454 e. The lowest BCUT2D eigenvalue weighted by atomic mass is 9.65. The summed E-state index contributed by atoms with van der Waals surface area (Å²) in [6, 6.07) is 0. The van der Waals surface area contributed by atoms with E-state index in [0.717, 1.165) is 12.8 Å². The highest BCUT2D eigenvalue weighted by Gasteiger charge is 2.54. The molecular formula is C9H12O3. The Balaban J connectivity index is 2.39. The number of rotatable bonds is 0. The van der Waals surface area contributed by atoms with Crippen molar-refractivity contribution >= 4 is 11.8 Å². The zero-order valence-electron chi connectivity index (χ0n) is 7.29. The van der Waals surface area contributed by atoms with Crippen LogP contribution in [-0.4, -0.2) is 17.9 Å². The minimum atomic E-state index is -0.488. The fourth-order valence-electron chi connectivity index (χ4n) is 2.14. The number of ketones is 1. The van der Waals surface area contributed by atoms with Gasteiger partial charge in [0.1, 0.15) is 0 Å². The molecule has 0 aromatic carbocycles. The summed E-state index contributed by atoms with van der Waals surface area (Å²) in [5.41, 5.74) is -0.488. The summed E-state index contributed by atoms with van der Waals surface area (Å²) in [5.74, 6) is -0.288. The van der Waals surface area contributed by atoms with E-state index in [1.54, 1.807) is 0 Å². The van der Waals surface area contributed by atoms with Gasteiger partial charge >= 0.3 is 5.97 Å². The lowest BCUT2D eigenvalue weighted by Gasteiger charge is -2.44. The van der Waals surface area contributed by atoms with Gasteiger partial charge in [0.15, 0.2) is 11.9 Å². The van der Waals surface area contributed by atoms with Crippen molar-refractivity contribution < 1.29 is 14.3 Å². The lowest BCUT2D eigenvalue weighted by molar-refractivity contribution is -0.187. The highest BCUT2D eigenvalue weighted by Crippen LogP contribution is 2.44. The molecule has 3 rings (SSSR count). The van der Waals surface area contributed by atoms with Crippen molar-refractivity contribution in [2.75, 3.05) is 0 Å². The van der Waals surface area contributed by atoms with Crippen molar-refractivity contribution in [3.63, 3.8) is 0 Å². The van der Waals surface area contributed by atoms with Gasteiger partial charge in [0.2, 0.25) is 0 Å². The van der Waals surface area contributed by atoms with E-state index >= 15 is 0 Å². The second-order valence-corrected chi connectivity index (χ2v) is 4.14. The van der Waals surface area contributed by atoms with Gasteiger partial charge in [0.05, 0.1) is 5.92 Å². The van der Waals surface area contributed by atoms with Crippen LogP contribution in [0.25, 0.3) is 0 Å². The Kier molecular flexibility index (Phi) is 1.35. The molecule has 0 spiro atoms. The molecule has 3 nitrogen and oxygen atoms in total. The van der Waals surface area contributed by atoms with Gasteiger partial charge in [0, 0.05) is 5.41 Å². The van der Waals surface area contributed by atoms with Gasteiger partial charge in [-0.3, -0.25) is 9.59 Å². The molecule has 0 N–H and O–H groups in total. The highest BCUT2D eigenvalue weighted by molar-refractivity contribution is 5.98. The van der Waals surface area contributed by atoms with E-state index in [9.17, 15) is 9.59 Å². The first-order chi connectivity index (χ1) is 5.53. The van der Waals surface area contributed by atoms with Gasteiger partial charge in [-0.1, -0.05) is 13.8 Å². The second kappa shape index (κ2) is 2.09. The number of fused-ring (bicyclic) bond motifs is 3. The van der Waals surface area contributed by atoms with Gasteiger partial charge < -0.3 is 4.74 Å². The number of hydrogen-bond donors (Lipinski definition) is 0. The molecule has 3 heteroatoms. The number of carbonyl (C=O) groups excluding carboxylic acids is 2. The molecule has 3 fully saturated rings. The van der Waals surface area contributed by atoms with Crippen LogP contribution < -0.4 is 0 Å². The average Bonchev–Trinajstić information content (AvgIpc) is 1.99. The van der Waals surface area contributed by atoms with Crippen molar-refractivity contribution in [1.29, 1.82) is 0 Å². The maximum absolute atomic E-state index is 11.6. The Morgan fingerprint density at radius 3 is 2.42 bits per heavy atom. The van der Waals surface area contributed by atoms with Crippen molar-refractivity contribution in [2.45, 2.75) is 32.8 Å². The molecule has 2 atom stereocenters. The number of esters is 1. The molecule has 2 saturated heterocycles. The number of carbonyl (C=O) groups is 2. The molecule has 0 radical (unpaired) electrons. The summed E-state index contributed by atoms with van der Waals surface area (Å²) < 4.78 is 4.94. The molecular weight excluding hydrogens is 156 g/mol. The van der Waals surface area contributed by atoms with Crippen molar-refractivity contribution in [1.82, 2.24) is 0 Å². The van der Waals surface area contributed by atoms with Gasteiger partial charge in [-0.2, -0.15) is 0 Å². The molecule has 12 heavy (non-hydrogen) atoms. The number of hydrogen-bond acceptors (Lipinski definition) is 3. The maximum atomic E-state index is 11.6. The van der Waals surface area contributed by atoms with Gasteiger partial charge in [-0.05, 0) is 12.8 Å². The van der Waals surface area contributed by atoms with E-state index in [-0.39, 0.29) is 17.7 Å². The zero-order valence-corrected chi connectivity index (χ0v) is 7.29. The smallest absolute Gasteiger partial charge is 0.310 e. The summed E-state index contributed by atoms with van der Waals surface area (Å²) >= 11 is 0. The summed E-state index contributed by atoms with van der Waals surface area (Å²) in [7, 11) is 0. The van der Waals surface area contributed by atoms with E-state index in [0.29, 0.717) is 0 Å². The van der Waals surface area contributed by atoms with E-state index in [4.69, 9.17) is 4.74 Å². The topological polar surface area (TPSA) is 43.4 Å². The molecule has 2 heterocycles. The fraction of sp³-hybridized carbons (Fsp3) is 0.778. The van der Waals surface area contributed by atoms with Crippen LogP contribution in [0.1, 0.15) is 26.7 Å². The molecule has 2 aliphatic heterocycles. The van der Waals surface area contributed by atoms with E-state index in [2.05, 4.69) is 0 Å². The first kappa shape index (κ1) is 7.77. The Labute approximate surface area is 71.1 Å². The third-order valence-electron chi connectivity index (χ3n) is 3.06. The summed E-state index contributed by atoms with van der Waals surface area (Å²) in [6.45, 7) is 3.68. The van der Waals surface area contributed by atoms with Crippen molar-refractivity contribution in [3.8, 4) is 0 Å². The lowest BCUT2D eigenvalue weighted by Crippen LogP contribution is -2.55. The molecule has 1 saturated carbocycles. The van der Waals surface area contributed by atoms with E-state index < -0.39 is 11.5 Å². The van der Waals surface area contributed by atoms with Crippen LogP contribution in [0.3, 0.4) is 0 Å². The van der Waals surface area contributed by atoms with Crippen LogP contribution in [0.5, 0.6) is 0 Å². The fourth-order valence-corrected chi connectivity index (χ4v) is 2.14. The first-order valence-corrected chi connectivity index (χ1v) is 4.28. The first-order valence-electron chi connectivity index (χ1n) is 4.28. The van der Waals surface area contributed by atoms with Gasteiger partial charge in [-0.15, -0.1) is 0 Å². The maximum Gasteiger partial charge on any atom is 0.310 e. The third kappa shape index (κ3) is 0.765. The standard InChI is InChI=1S/C9H12O3/c1-9(2)5-3-4-6(7(9)10)12-8(5)11/h5-6H,3-4H2,1-2H3. The predicted octanol–water partition coefficient (Wildman–Crippen LogP) is 0.917. The van der Waals surface area contributed by atoms with Gasteiger partial charge in [0.25, 0.3) is 0 Å². The highest BCUT2D eigenvalue weighted by atomic mass is 16.6. The molecule has 0 amide bonds. The Morgan fingerprint density at radius 2 is 2.00 bits per heavy atom. The minimum absolute atomic E-state index is 0.0957. The van der Waals surface area contributed by atoms with Crippen LogP contribution in [-0.2, 0) is 14.3 Å². The quantitative estimate of drug-likeness (QED) is 0.505. The Bertz CT molecular complexity index is 254. The SMILES string of the molecule is CC1(C)C(=O)C2CCC1C(=O)O2. The molecule has 0 aromatic rings. The summed E-state index contributed by atoms with van der Waals surface area (Å²) in [6.07, 6.45) is 1.08. The molecule has 3 aliphatic rings. The van der Waals surface area contributed by atoms with Crippen LogP contribution in [0.15, 0.2) is 0 Å². The summed E-state index contributed by atoms with van der Waals surface area (Å²) in [5, 5.41) is 0. The Morgan fingerprint density at radius 1 is 1.33 bits per heavy atom. The van der Waals surface area contributed by atoms with Crippen molar-refractivity contribution in [3.05, 3.63) is 0 Å². The van der Waals surface area contributed by atoms with Crippen LogP contribution >= 0.6 is 0 Å². The van der Waals surface area contributed by atoms with E-state index in [1.165, 1.54) is 0 Å². The largest absolute Gasteiger partial charge is 0.454 e. The number of ether oxygens (including phenoxy) is 1. The van der Waals surface area contributed by atoms with Crippen LogP contribution in [0, 0.1) is 11.3 Å². The van der Waals surface area contributed by atoms with Gasteiger partial charge in [-0.25, -0.2) is 0 Å². The number of Topliss-reactive ketones (excluding diaryl/α,β-unsaturated/α-hetero) is 1. The molecule has 2 unspecified atom stereocenters. The monoisotopic (exact) mass is 168 g/mol. The molecule has 1 aliphatic carbocycles. The molecule has 2 bridgehead atoms. The molecule has 0 aromatic heterocycles. The Hall–Kier alpha value is -0.860. The van der Waals surface area contributed by atoms with Crippen molar-refractivity contribution in [2.24, 2.45) is 11.3 Å². The predicted molar refractivity (Wildman–Crippen MR) is 41.4 cm³/mol. The molecule has 66 valence electrons. The summed E-state index contributed by atoms with van der Waals surface area (Å²) in [4.78, 5) is 22.8. The van der Waals surface area contributed by atoms with Crippen LogP contribution in [0.4, 0.5) is 0 Å². The average molecular weight is 168 g/mol.